The first kappa shape index (κ1) is 8.35. The molecule has 2 N–H and O–H groups in total. The Bertz CT molecular complexity index is 310. The topological polar surface area (TPSA) is 43.8 Å². The van der Waals surface area contributed by atoms with Gasteiger partial charge in [-0.3, -0.25) is 0 Å². The number of hydrogen-bond donors (Lipinski definition) is 1. The van der Waals surface area contributed by atoms with Crippen molar-refractivity contribution in [3.8, 4) is 0 Å². The molecule has 3 heteroatoms. The van der Waals surface area contributed by atoms with E-state index in [9.17, 15) is 0 Å². The molecule has 1 aliphatic rings. The first-order valence-electron chi connectivity index (χ1n) is 4.74. The number of nitrogens with two attached hydrogens (primary N) is 1. The molecule has 0 saturated heterocycles. The quantitative estimate of drug-likeness (QED) is 0.717. The number of hydrogen-bond acceptors (Lipinski definition) is 2. The second-order valence-corrected chi connectivity index (χ2v) is 3.58. The van der Waals surface area contributed by atoms with E-state index >= 15 is 0 Å². The zero-order valence-electron chi connectivity index (χ0n) is 7.74. The Hall–Kier alpha value is -1.25. The number of nitrogens with zero attached hydrogens (tertiary/aromatic N) is 2. The summed E-state index contributed by atoms with van der Waals surface area (Å²) in [7, 11) is 0. The van der Waals surface area contributed by atoms with Crippen molar-refractivity contribution in [1.82, 2.24) is 9.55 Å². The Balaban J connectivity index is 2.21. The molecule has 0 bridgehead atoms. The van der Waals surface area contributed by atoms with Crippen LogP contribution in [0.3, 0.4) is 0 Å². The van der Waals surface area contributed by atoms with Gasteiger partial charge in [-0.2, -0.15) is 0 Å². The third kappa shape index (κ3) is 1.34. The molecule has 0 atom stereocenters. The molecule has 1 heterocycles. The summed E-state index contributed by atoms with van der Waals surface area (Å²) in [4.78, 5) is 4.35. The lowest BCUT2D eigenvalue weighted by Gasteiger charge is -2.23. The number of rotatable bonds is 3. The number of imidazole rings is 1. The Morgan fingerprint density at radius 3 is 3.00 bits per heavy atom. The summed E-state index contributed by atoms with van der Waals surface area (Å²) < 4.78 is 1.95. The van der Waals surface area contributed by atoms with E-state index in [2.05, 4.69) is 11.6 Å². The first-order valence-corrected chi connectivity index (χ1v) is 4.74. The Morgan fingerprint density at radius 2 is 2.46 bits per heavy atom. The molecule has 70 valence electrons. The highest BCUT2D eigenvalue weighted by Gasteiger charge is 2.24. The van der Waals surface area contributed by atoms with Crippen LogP contribution in [0.5, 0.6) is 0 Å². The summed E-state index contributed by atoms with van der Waals surface area (Å²) in [5, 5.41) is 0. The molecule has 0 aliphatic heterocycles. The van der Waals surface area contributed by atoms with Crippen LogP contribution in [-0.4, -0.2) is 9.55 Å². The van der Waals surface area contributed by atoms with Crippen LogP contribution in [-0.2, 0) is 6.54 Å². The van der Waals surface area contributed by atoms with E-state index in [4.69, 9.17) is 5.73 Å². The van der Waals surface area contributed by atoms with Gasteiger partial charge in [-0.05, 0) is 12.8 Å². The van der Waals surface area contributed by atoms with E-state index in [-0.39, 0.29) is 0 Å². The number of aromatic nitrogens is 2. The lowest BCUT2D eigenvalue weighted by molar-refractivity contribution is 0.413. The fraction of sp³-hybridized carbons (Fsp3) is 0.500. The first-order chi connectivity index (χ1) is 6.33. The molecule has 13 heavy (non-hydrogen) atoms. The normalized spacial score (nSPS) is 16.9. The molecular formula is C10H15N3. The van der Waals surface area contributed by atoms with Gasteiger partial charge in [-0.15, -0.1) is 6.58 Å². The second kappa shape index (κ2) is 3.24. The predicted octanol–water partition coefficient (Wildman–Crippen LogP) is 1.92. The van der Waals surface area contributed by atoms with Gasteiger partial charge < -0.3 is 10.3 Å². The zero-order valence-corrected chi connectivity index (χ0v) is 7.74. The monoisotopic (exact) mass is 177 g/mol. The van der Waals surface area contributed by atoms with E-state index in [0.29, 0.717) is 5.92 Å². The molecule has 1 aromatic rings. The molecule has 0 spiro atoms. The van der Waals surface area contributed by atoms with Gasteiger partial charge in [0.15, 0.2) is 0 Å². The maximum absolute atomic E-state index is 5.95. The average Bonchev–Trinajstić information content (AvgIpc) is 2.34. The van der Waals surface area contributed by atoms with Crippen molar-refractivity contribution in [2.75, 3.05) is 5.73 Å². The van der Waals surface area contributed by atoms with Gasteiger partial charge in [0, 0.05) is 12.5 Å². The third-order valence-electron chi connectivity index (χ3n) is 2.73. The van der Waals surface area contributed by atoms with Crippen molar-refractivity contribution in [3.05, 3.63) is 24.7 Å². The van der Waals surface area contributed by atoms with Crippen molar-refractivity contribution in [2.24, 2.45) is 0 Å². The summed E-state index contributed by atoms with van der Waals surface area (Å²) in [6, 6.07) is 0. The Labute approximate surface area is 78.3 Å². The van der Waals surface area contributed by atoms with Crippen molar-refractivity contribution in [2.45, 2.75) is 31.7 Å². The molecule has 2 rings (SSSR count). The number of anilines is 1. The third-order valence-corrected chi connectivity index (χ3v) is 2.73. The van der Waals surface area contributed by atoms with Crippen LogP contribution in [0.15, 0.2) is 19.0 Å². The highest BCUT2D eigenvalue weighted by atomic mass is 15.1. The molecule has 0 amide bonds. The van der Waals surface area contributed by atoms with Gasteiger partial charge in [0.2, 0.25) is 0 Å². The molecule has 0 radical (unpaired) electrons. The average molecular weight is 177 g/mol. The van der Waals surface area contributed by atoms with Crippen LogP contribution in [0.4, 0.5) is 5.82 Å². The molecule has 1 aromatic heterocycles. The van der Waals surface area contributed by atoms with E-state index in [1.165, 1.54) is 19.3 Å². The van der Waals surface area contributed by atoms with E-state index in [1.54, 1.807) is 0 Å². The van der Waals surface area contributed by atoms with Crippen molar-refractivity contribution in [1.29, 1.82) is 0 Å². The van der Waals surface area contributed by atoms with Crippen LogP contribution in [0.25, 0.3) is 0 Å². The van der Waals surface area contributed by atoms with Gasteiger partial charge in [0.25, 0.3) is 0 Å². The number of allylic oxidation sites excluding steroid dienone is 1. The van der Waals surface area contributed by atoms with Crippen LogP contribution < -0.4 is 5.73 Å². The molecule has 1 saturated carbocycles. The summed E-state index contributed by atoms with van der Waals surface area (Å²) in [6.07, 6.45) is 7.45. The Morgan fingerprint density at radius 1 is 1.69 bits per heavy atom. The molecule has 1 aliphatic carbocycles. The van der Waals surface area contributed by atoms with Crippen molar-refractivity contribution < 1.29 is 0 Å². The van der Waals surface area contributed by atoms with Gasteiger partial charge >= 0.3 is 0 Å². The van der Waals surface area contributed by atoms with Crippen LogP contribution in [0.2, 0.25) is 0 Å². The van der Waals surface area contributed by atoms with Gasteiger partial charge in [0.05, 0.1) is 12.0 Å². The summed E-state index contributed by atoms with van der Waals surface area (Å²) >= 11 is 0. The smallest absolute Gasteiger partial charge is 0.127 e. The summed E-state index contributed by atoms with van der Waals surface area (Å²) in [5.41, 5.74) is 7.04. The molecule has 3 nitrogen and oxygen atoms in total. The van der Waals surface area contributed by atoms with Gasteiger partial charge in [0.1, 0.15) is 5.82 Å². The molecular weight excluding hydrogens is 162 g/mol. The fourth-order valence-electron chi connectivity index (χ4n) is 1.69. The predicted molar refractivity (Wildman–Crippen MR) is 53.4 cm³/mol. The van der Waals surface area contributed by atoms with Crippen LogP contribution >= 0.6 is 0 Å². The second-order valence-electron chi connectivity index (χ2n) is 3.58. The van der Waals surface area contributed by atoms with Crippen LogP contribution in [0.1, 0.15) is 30.9 Å². The van der Waals surface area contributed by atoms with Crippen LogP contribution in [0, 0.1) is 0 Å². The minimum absolute atomic E-state index is 0.617. The fourth-order valence-corrected chi connectivity index (χ4v) is 1.69. The minimum atomic E-state index is 0.617. The zero-order chi connectivity index (χ0) is 9.26. The lowest BCUT2D eigenvalue weighted by atomic mass is 9.83. The highest BCUT2D eigenvalue weighted by molar-refractivity contribution is 5.39. The summed E-state index contributed by atoms with van der Waals surface area (Å²) in [6.45, 7) is 4.44. The van der Waals surface area contributed by atoms with E-state index in [0.717, 1.165) is 18.1 Å². The molecule has 0 unspecified atom stereocenters. The standard InChI is InChI=1S/C10H15N3/c1-2-6-13-7-12-9(10(13)11)8-4-3-5-8/h2,7-8H,1,3-6,11H2. The number of nitrogen functional groups attached to an aromatic ring is 1. The largest absolute Gasteiger partial charge is 0.384 e. The van der Waals surface area contributed by atoms with Crippen molar-refractivity contribution in [3.63, 3.8) is 0 Å². The van der Waals surface area contributed by atoms with Gasteiger partial charge in [-0.1, -0.05) is 12.5 Å². The molecule has 1 fully saturated rings. The maximum atomic E-state index is 5.95. The van der Waals surface area contributed by atoms with Crippen molar-refractivity contribution >= 4 is 5.82 Å². The minimum Gasteiger partial charge on any atom is -0.384 e. The lowest BCUT2D eigenvalue weighted by Crippen LogP contribution is -2.12. The van der Waals surface area contributed by atoms with E-state index < -0.39 is 0 Å². The Kier molecular flexibility index (Phi) is 2.08. The SMILES string of the molecule is C=CCn1cnc(C2CCC2)c1N. The van der Waals surface area contributed by atoms with E-state index in [1.807, 2.05) is 17.0 Å². The summed E-state index contributed by atoms with van der Waals surface area (Å²) in [5.74, 6) is 1.44. The van der Waals surface area contributed by atoms with Gasteiger partial charge in [-0.25, -0.2) is 4.98 Å². The maximum Gasteiger partial charge on any atom is 0.127 e. The molecule has 0 aromatic carbocycles. The highest BCUT2D eigenvalue weighted by Crippen LogP contribution is 2.37.